The lowest BCUT2D eigenvalue weighted by atomic mass is 9.98. The summed E-state index contributed by atoms with van der Waals surface area (Å²) in [5.41, 5.74) is 5.96. The Morgan fingerprint density at radius 1 is 1.35 bits per heavy atom. The van der Waals surface area contributed by atoms with Crippen molar-refractivity contribution >= 4 is 11.6 Å². The van der Waals surface area contributed by atoms with Crippen LogP contribution in [0, 0.1) is 0 Å². The van der Waals surface area contributed by atoms with Gasteiger partial charge in [-0.05, 0) is 25.0 Å². The van der Waals surface area contributed by atoms with Crippen molar-refractivity contribution in [3.63, 3.8) is 0 Å². The molecule has 5 heteroatoms. The molecule has 0 atom stereocenters. The Hall–Kier alpha value is -1.75. The number of ether oxygens (including phenoxy) is 1. The molecule has 0 heterocycles. The maximum Gasteiger partial charge on any atom is 0.255 e. The zero-order valence-electron chi connectivity index (χ0n) is 11.6. The van der Waals surface area contributed by atoms with E-state index in [4.69, 9.17) is 10.5 Å². The molecule has 5 nitrogen and oxygen atoms in total. The first-order chi connectivity index (χ1) is 9.68. The number of hydrogen-bond donors (Lipinski definition) is 3. The summed E-state index contributed by atoms with van der Waals surface area (Å²) in [7, 11) is 0. The van der Waals surface area contributed by atoms with Gasteiger partial charge in [-0.2, -0.15) is 0 Å². The summed E-state index contributed by atoms with van der Waals surface area (Å²) in [5.74, 6) is -0.500. The molecule has 1 aromatic carbocycles. The van der Waals surface area contributed by atoms with Gasteiger partial charge in [0.25, 0.3) is 5.91 Å². The maximum absolute atomic E-state index is 11.9. The van der Waals surface area contributed by atoms with Crippen molar-refractivity contribution in [3.8, 4) is 5.75 Å². The fourth-order valence-electron chi connectivity index (χ4n) is 2.46. The average Bonchev–Trinajstić information content (AvgIpc) is 2.47. The number of rotatable bonds is 5. The van der Waals surface area contributed by atoms with E-state index in [0.29, 0.717) is 19.3 Å². The van der Waals surface area contributed by atoms with Crippen LogP contribution in [0.2, 0.25) is 0 Å². The number of carbonyl (C=O) groups is 1. The van der Waals surface area contributed by atoms with Crippen molar-refractivity contribution in [3.05, 3.63) is 23.8 Å². The van der Waals surface area contributed by atoms with E-state index < -0.39 is 0 Å². The van der Waals surface area contributed by atoms with E-state index in [2.05, 4.69) is 5.32 Å². The van der Waals surface area contributed by atoms with Crippen molar-refractivity contribution in [1.29, 1.82) is 0 Å². The fraction of sp³-hybridized carbons (Fsp3) is 0.533. The standard InChI is InChI=1S/C15H22N2O3/c16-13-8-4-7-12(14(13)18)15(19)17-9-10-20-11-5-2-1-3-6-11/h4,7-8,11,18H,1-3,5-6,9-10,16H2,(H,17,19). The largest absolute Gasteiger partial charge is 0.505 e. The SMILES string of the molecule is Nc1cccc(C(=O)NCCOC2CCCCC2)c1O. The highest BCUT2D eigenvalue weighted by Crippen LogP contribution is 2.24. The Bertz CT molecular complexity index is 456. The van der Waals surface area contributed by atoms with Crippen LogP contribution in [0.5, 0.6) is 5.75 Å². The van der Waals surface area contributed by atoms with Gasteiger partial charge < -0.3 is 20.9 Å². The normalized spacial score (nSPS) is 16.0. The summed E-state index contributed by atoms with van der Waals surface area (Å²) in [6.45, 7) is 0.934. The molecule has 1 amide bonds. The Kier molecular flexibility index (Phi) is 5.24. The zero-order valence-corrected chi connectivity index (χ0v) is 11.6. The molecule has 0 saturated heterocycles. The molecular weight excluding hydrogens is 256 g/mol. The number of benzene rings is 1. The quantitative estimate of drug-likeness (QED) is 0.437. The Labute approximate surface area is 119 Å². The molecule has 4 N–H and O–H groups in total. The number of nitrogens with one attached hydrogen (secondary N) is 1. The number of amides is 1. The summed E-state index contributed by atoms with van der Waals surface area (Å²) in [5, 5.41) is 12.4. The molecule has 0 aliphatic heterocycles. The molecule has 20 heavy (non-hydrogen) atoms. The van der Waals surface area contributed by atoms with Gasteiger partial charge in [0.05, 0.1) is 24.0 Å². The second-order valence-electron chi connectivity index (χ2n) is 5.13. The zero-order chi connectivity index (χ0) is 14.4. The molecular formula is C15H22N2O3. The second-order valence-corrected chi connectivity index (χ2v) is 5.13. The minimum Gasteiger partial charge on any atom is -0.505 e. The topological polar surface area (TPSA) is 84.6 Å². The molecule has 1 aliphatic carbocycles. The molecule has 0 unspecified atom stereocenters. The van der Waals surface area contributed by atoms with Gasteiger partial charge in [-0.3, -0.25) is 4.79 Å². The van der Waals surface area contributed by atoms with Crippen molar-refractivity contribution in [2.24, 2.45) is 0 Å². The van der Waals surface area contributed by atoms with Crippen LogP contribution in [0.4, 0.5) is 5.69 Å². The third kappa shape index (κ3) is 3.87. The summed E-state index contributed by atoms with van der Waals surface area (Å²) >= 11 is 0. The number of hydrogen-bond acceptors (Lipinski definition) is 4. The van der Waals surface area contributed by atoms with E-state index in [-0.39, 0.29) is 22.9 Å². The Morgan fingerprint density at radius 2 is 2.10 bits per heavy atom. The van der Waals surface area contributed by atoms with E-state index in [1.165, 1.54) is 19.3 Å². The number of para-hydroxylation sites is 1. The lowest BCUT2D eigenvalue weighted by molar-refractivity contribution is 0.0299. The van der Waals surface area contributed by atoms with E-state index in [1.54, 1.807) is 18.2 Å². The van der Waals surface area contributed by atoms with E-state index in [1.807, 2.05) is 0 Å². The lowest BCUT2D eigenvalue weighted by Gasteiger charge is -2.22. The van der Waals surface area contributed by atoms with Crippen LogP contribution in [-0.2, 0) is 4.74 Å². The lowest BCUT2D eigenvalue weighted by Crippen LogP contribution is -2.29. The van der Waals surface area contributed by atoms with Gasteiger partial charge in [-0.25, -0.2) is 0 Å². The molecule has 1 fully saturated rings. The average molecular weight is 278 g/mol. The van der Waals surface area contributed by atoms with Gasteiger partial charge in [-0.1, -0.05) is 25.3 Å². The maximum atomic E-state index is 11.9. The van der Waals surface area contributed by atoms with E-state index in [0.717, 1.165) is 12.8 Å². The summed E-state index contributed by atoms with van der Waals surface area (Å²) in [6, 6.07) is 4.74. The van der Waals surface area contributed by atoms with Crippen molar-refractivity contribution < 1.29 is 14.6 Å². The number of phenols is 1. The van der Waals surface area contributed by atoms with Gasteiger partial charge in [-0.15, -0.1) is 0 Å². The number of anilines is 1. The summed E-state index contributed by atoms with van der Waals surface area (Å²) in [4.78, 5) is 11.9. The number of aromatic hydroxyl groups is 1. The second kappa shape index (κ2) is 7.14. The van der Waals surface area contributed by atoms with Crippen molar-refractivity contribution in [1.82, 2.24) is 5.32 Å². The summed E-state index contributed by atoms with van der Waals surface area (Å²) in [6.07, 6.45) is 6.32. The smallest absolute Gasteiger partial charge is 0.255 e. The molecule has 110 valence electrons. The monoisotopic (exact) mass is 278 g/mol. The third-order valence-corrected chi connectivity index (χ3v) is 3.61. The van der Waals surface area contributed by atoms with Crippen LogP contribution in [0.1, 0.15) is 42.5 Å². The summed E-state index contributed by atoms with van der Waals surface area (Å²) < 4.78 is 5.72. The minimum atomic E-state index is -0.331. The third-order valence-electron chi connectivity index (χ3n) is 3.61. The number of nitrogen functional groups attached to an aromatic ring is 1. The highest BCUT2D eigenvalue weighted by Gasteiger charge is 2.14. The van der Waals surface area contributed by atoms with E-state index >= 15 is 0 Å². The van der Waals surface area contributed by atoms with Gasteiger partial charge in [0.15, 0.2) is 5.75 Å². The van der Waals surface area contributed by atoms with Crippen LogP contribution in [0.25, 0.3) is 0 Å². The molecule has 1 aromatic rings. The predicted octanol–water partition coefficient (Wildman–Crippen LogP) is 2.05. The van der Waals surface area contributed by atoms with Gasteiger partial charge in [0.1, 0.15) is 0 Å². The molecule has 1 aliphatic rings. The molecule has 2 rings (SSSR count). The first-order valence-corrected chi connectivity index (χ1v) is 7.15. The van der Waals surface area contributed by atoms with Crippen LogP contribution in [-0.4, -0.2) is 30.3 Å². The molecule has 0 radical (unpaired) electrons. The van der Waals surface area contributed by atoms with Crippen molar-refractivity contribution in [2.75, 3.05) is 18.9 Å². The van der Waals surface area contributed by atoms with Gasteiger partial charge in [0, 0.05) is 6.54 Å². The number of phenolic OH excluding ortho intramolecular Hbond substituents is 1. The number of nitrogens with two attached hydrogens (primary N) is 1. The first kappa shape index (κ1) is 14.7. The molecule has 0 bridgehead atoms. The van der Waals surface area contributed by atoms with E-state index in [9.17, 15) is 9.90 Å². The highest BCUT2D eigenvalue weighted by molar-refractivity contribution is 5.98. The predicted molar refractivity (Wildman–Crippen MR) is 77.7 cm³/mol. The minimum absolute atomic E-state index is 0.168. The van der Waals surface area contributed by atoms with Crippen molar-refractivity contribution in [2.45, 2.75) is 38.2 Å². The number of carbonyl (C=O) groups excluding carboxylic acids is 1. The van der Waals surface area contributed by atoms with Crippen LogP contribution in [0.3, 0.4) is 0 Å². The molecule has 0 spiro atoms. The van der Waals surface area contributed by atoms with Crippen LogP contribution >= 0.6 is 0 Å². The van der Waals surface area contributed by atoms with Crippen LogP contribution in [0.15, 0.2) is 18.2 Å². The molecule has 0 aromatic heterocycles. The fourth-order valence-corrected chi connectivity index (χ4v) is 2.46. The first-order valence-electron chi connectivity index (χ1n) is 7.15. The van der Waals surface area contributed by atoms with Gasteiger partial charge in [0.2, 0.25) is 0 Å². The van der Waals surface area contributed by atoms with Crippen LogP contribution < -0.4 is 11.1 Å². The molecule has 1 saturated carbocycles. The highest BCUT2D eigenvalue weighted by atomic mass is 16.5. The van der Waals surface area contributed by atoms with Gasteiger partial charge >= 0.3 is 0 Å². The Balaban J connectivity index is 1.73. The Morgan fingerprint density at radius 3 is 2.85 bits per heavy atom.